The maximum absolute atomic E-state index is 10.8. The van der Waals surface area contributed by atoms with E-state index in [4.69, 9.17) is 5.73 Å². The molecule has 1 aromatic carbocycles. The average Bonchev–Trinajstić information content (AvgIpc) is 2.35. The molecule has 0 aromatic heterocycles. The normalized spacial score (nSPS) is 12.2. The van der Waals surface area contributed by atoms with Crippen LogP contribution in [0.1, 0.15) is 43.9 Å². The minimum absolute atomic E-state index is 0.423. The van der Waals surface area contributed by atoms with Gasteiger partial charge in [-0.1, -0.05) is 37.6 Å². The molecule has 0 saturated carbocycles. The lowest BCUT2D eigenvalue weighted by Gasteiger charge is -2.20. The summed E-state index contributed by atoms with van der Waals surface area (Å²) in [5.74, 6) is 0. The van der Waals surface area contributed by atoms with E-state index in [9.17, 15) is 10.0 Å². The summed E-state index contributed by atoms with van der Waals surface area (Å²) < 4.78 is 0. The summed E-state index contributed by atoms with van der Waals surface area (Å²) in [5.41, 5.74) is 7.14. The molecule has 4 nitrogen and oxygen atoms in total. The van der Waals surface area contributed by atoms with Gasteiger partial charge in [-0.25, -0.2) is 4.79 Å². The van der Waals surface area contributed by atoms with Crippen LogP contribution in [0.15, 0.2) is 24.3 Å². The number of hydrogen-bond acceptors (Lipinski definition) is 2. The van der Waals surface area contributed by atoms with Gasteiger partial charge in [0.15, 0.2) is 0 Å². The molecule has 1 rings (SSSR count). The van der Waals surface area contributed by atoms with E-state index >= 15 is 0 Å². The van der Waals surface area contributed by atoms with Crippen molar-refractivity contribution in [1.82, 2.24) is 5.06 Å². The minimum Gasteiger partial charge on any atom is -0.350 e. The molecule has 0 fully saturated rings. The molecule has 0 spiro atoms. The number of nitrogens with two attached hydrogens (primary N) is 1. The molecule has 0 saturated heterocycles. The van der Waals surface area contributed by atoms with Crippen molar-refractivity contribution in [3.8, 4) is 0 Å². The maximum atomic E-state index is 10.8. The van der Waals surface area contributed by atoms with Gasteiger partial charge in [0.25, 0.3) is 0 Å². The zero-order valence-electron chi connectivity index (χ0n) is 10.4. The van der Waals surface area contributed by atoms with E-state index in [1.165, 1.54) is 18.4 Å². The Labute approximate surface area is 102 Å². The van der Waals surface area contributed by atoms with Gasteiger partial charge >= 0.3 is 6.03 Å². The number of hydroxylamine groups is 2. The van der Waals surface area contributed by atoms with Gasteiger partial charge in [0.2, 0.25) is 0 Å². The fraction of sp³-hybridized carbons (Fsp3) is 0.462. The molecule has 1 atom stereocenters. The van der Waals surface area contributed by atoms with Crippen LogP contribution in [0.25, 0.3) is 0 Å². The molecule has 1 unspecified atom stereocenters. The number of nitrogens with zero attached hydrogens (tertiary/aromatic N) is 1. The summed E-state index contributed by atoms with van der Waals surface area (Å²) in [6.07, 6.45) is 3.40. The molecule has 1 aromatic rings. The molecule has 0 bridgehead atoms. The van der Waals surface area contributed by atoms with Crippen molar-refractivity contribution < 1.29 is 10.0 Å². The highest BCUT2D eigenvalue weighted by molar-refractivity contribution is 5.71. The molecular formula is C13H20N2O2. The molecule has 94 valence electrons. The van der Waals surface area contributed by atoms with Crippen molar-refractivity contribution in [1.29, 1.82) is 0 Å². The van der Waals surface area contributed by atoms with Crippen LogP contribution in [0.3, 0.4) is 0 Å². The first kappa shape index (κ1) is 13.5. The van der Waals surface area contributed by atoms with Crippen LogP contribution in [0.5, 0.6) is 0 Å². The number of urea groups is 1. The van der Waals surface area contributed by atoms with E-state index < -0.39 is 12.1 Å². The van der Waals surface area contributed by atoms with E-state index in [0.717, 1.165) is 12.0 Å². The van der Waals surface area contributed by atoms with Crippen LogP contribution in [0.4, 0.5) is 4.79 Å². The van der Waals surface area contributed by atoms with Gasteiger partial charge in [-0.05, 0) is 30.9 Å². The first-order valence-corrected chi connectivity index (χ1v) is 5.92. The molecule has 3 N–H and O–H groups in total. The first-order chi connectivity index (χ1) is 8.06. The number of aryl methyl sites for hydroxylation is 1. The lowest BCUT2D eigenvalue weighted by Crippen LogP contribution is -2.34. The smallest absolute Gasteiger partial charge is 0.339 e. The van der Waals surface area contributed by atoms with Crippen LogP contribution < -0.4 is 5.73 Å². The summed E-state index contributed by atoms with van der Waals surface area (Å²) >= 11 is 0. The van der Waals surface area contributed by atoms with Crippen molar-refractivity contribution in [3.05, 3.63) is 35.4 Å². The van der Waals surface area contributed by atoms with Crippen molar-refractivity contribution >= 4 is 6.03 Å². The maximum Gasteiger partial charge on any atom is 0.339 e. The Morgan fingerprint density at radius 3 is 2.47 bits per heavy atom. The standard InChI is InChI=1S/C13H20N2O2/c1-3-4-5-11-6-8-12(9-7-11)10(2)15(17)13(14)16/h6-10,17H,3-5H2,1-2H3,(H2,14,16). The number of carbonyl (C=O) groups is 1. The Morgan fingerprint density at radius 2 is 2.00 bits per heavy atom. The number of benzene rings is 1. The molecule has 0 heterocycles. The number of carbonyl (C=O) groups excluding carboxylic acids is 1. The monoisotopic (exact) mass is 236 g/mol. The van der Waals surface area contributed by atoms with Crippen molar-refractivity contribution in [2.75, 3.05) is 0 Å². The third-order valence-corrected chi connectivity index (χ3v) is 2.87. The number of rotatable bonds is 5. The van der Waals surface area contributed by atoms with E-state index in [0.29, 0.717) is 5.06 Å². The van der Waals surface area contributed by atoms with Gasteiger partial charge in [-0.15, -0.1) is 0 Å². The van der Waals surface area contributed by atoms with E-state index in [-0.39, 0.29) is 0 Å². The lowest BCUT2D eigenvalue weighted by molar-refractivity contribution is -0.0709. The highest BCUT2D eigenvalue weighted by Gasteiger charge is 2.16. The van der Waals surface area contributed by atoms with Crippen molar-refractivity contribution in [3.63, 3.8) is 0 Å². The van der Waals surface area contributed by atoms with Crippen molar-refractivity contribution in [2.45, 2.75) is 39.2 Å². The van der Waals surface area contributed by atoms with E-state index in [1.54, 1.807) is 6.92 Å². The summed E-state index contributed by atoms with van der Waals surface area (Å²) in [6, 6.07) is 6.62. The molecule has 0 aliphatic rings. The van der Waals surface area contributed by atoms with Gasteiger partial charge in [0.1, 0.15) is 0 Å². The minimum atomic E-state index is -0.840. The Hall–Kier alpha value is -1.55. The first-order valence-electron chi connectivity index (χ1n) is 5.92. The summed E-state index contributed by atoms with van der Waals surface area (Å²) in [5, 5.41) is 9.96. The molecule has 0 aliphatic heterocycles. The van der Waals surface area contributed by atoms with Gasteiger partial charge in [0, 0.05) is 0 Å². The van der Waals surface area contributed by atoms with Crippen molar-refractivity contribution in [2.24, 2.45) is 5.73 Å². The molecule has 0 aliphatic carbocycles. The van der Waals surface area contributed by atoms with Gasteiger partial charge < -0.3 is 5.73 Å². The Balaban J connectivity index is 2.69. The fourth-order valence-corrected chi connectivity index (χ4v) is 1.68. The van der Waals surface area contributed by atoms with E-state index in [1.807, 2.05) is 24.3 Å². The second-order valence-electron chi connectivity index (χ2n) is 4.20. The van der Waals surface area contributed by atoms with Crippen LogP contribution in [0.2, 0.25) is 0 Å². The van der Waals surface area contributed by atoms with Crippen LogP contribution in [-0.2, 0) is 6.42 Å². The number of unbranched alkanes of at least 4 members (excludes halogenated alkanes) is 1. The zero-order chi connectivity index (χ0) is 12.8. The second-order valence-corrected chi connectivity index (χ2v) is 4.20. The fourth-order valence-electron chi connectivity index (χ4n) is 1.68. The summed E-state index contributed by atoms with van der Waals surface area (Å²) in [6.45, 7) is 3.89. The topological polar surface area (TPSA) is 66.6 Å². The highest BCUT2D eigenvalue weighted by atomic mass is 16.5. The number of hydrogen-bond donors (Lipinski definition) is 2. The Kier molecular flexibility index (Phi) is 4.97. The third kappa shape index (κ3) is 3.75. The van der Waals surface area contributed by atoms with Gasteiger partial charge in [-0.3, -0.25) is 5.21 Å². The molecule has 0 radical (unpaired) electrons. The van der Waals surface area contributed by atoms with Gasteiger partial charge in [0.05, 0.1) is 6.04 Å². The summed E-state index contributed by atoms with van der Waals surface area (Å²) in [7, 11) is 0. The molecule has 2 amide bonds. The van der Waals surface area contributed by atoms with Gasteiger partial charge in [-0.2, -0.15) is 5.06 Å². The predicted molar refractivity (Wildman–Crippen MR) is 66.7 cm³/mol. The second kappa shape index (κ2) is 6.25. The third-order valence-electron chi connectivity index (χ3n) is 2.87. The van der Waals surface area contributed by atoms with Crippen LogP contribution >= 0.6 is 0 Å². The summed E-state index contributed by atoms with van der Waals surface area (Å²) in [4.78, 5) is 10.8. The highest BCUT2D eigenvalue weighted by Crippen LogP contribution is 2.19. The number of primary amides is 1. The predicted octanol–water partition coefficient (Wildman–Crippen LogP) is 2.86. The largest absolute Gasteiger partial charge is 0.350 e. The lowest BCUT2D eigenvalue weighted by atomic mass is 10.0. The SMILES string of the molecule is CCCCc1ccc(C(C)N(O)C(N)=O)cc1. The average molecular weight is 236 g/mol. The van der Waals surface area contributed by atoms with E-state index in [2.05, 4.69) is 6.92 Å². The van der Waals surface area contributed by atoms with Crippen LogP contribution in [-0.4, -0.2) is 16.3 Å². The zero-order valence-corrected chi connectivity index (χ0v) is 10.4. The quantitative estimate of drug-likeness (QED) is 0.609. The Bertz CT molecular complexity index is 362. The van der Waals surface area contributed by atoms with Crippen LogP contribution in [0, 0.1) is 0 Å². The molecular weight excluding hydrogens is 216 g/mol. The number of amides is 2. The molecule has 4 heteroatoms. The Morgan fingerprint density at radius 1 is 1.41 bits per heavy atom. The molecule has 17 heavy (non-hydrogen) atoms.